The highest BCUT2D eigenvalue weighted by molar-refractivity contribution is 6.44. The van der Waals surface area contributed by atoms with E-state index in [1.165, 1.54) is 10.5 Å². The summed E-state index contributed by atoms with van der Waals surface area (Å²) < 4.78 is 0. The Labute approximate surface area is 163 Å². The lowest BCUT2D eigenvalue weighted by Crippen LogP contribution is -2.28. The van der Waals surface area contributed by atoms with Crippen molar-refractivity contribution in [2.75, 3.05) is 16.8 Å². The van der Waals surface area contributed by atoms with Gasteiger partial charge >= 0.3 is 0 Å². The molecule has 6 heteroatoms. The first-order valence-electron chi connectivity index (χ1n) is 8.52. The van der Waals surface area contributed by atoms with Gasteiger partial charge in [0.1, 0.15) is 0 Å². The summed E-state index contributed by atoms with van der Waals surface area (Å²) in [7, 11) is 0. The van der Waals surface area contributed by atoms with Crippen LogP contribution in [0.15, 0.2) is 42.5 Å². The molecule has 136 valence electrons. The molecular formula is C20H20Cl2N2O2. The van der Waals surface area contributed by atoms with E-state index in [0.717, 1.165) is 5.69 Å². The van der Waals surface area contributed by atoms with Crippen molar-refractivity contribution in [3.05, 3.63) is 58.1 Å². The van der Waals surface area contributed by atoms with Gasteiger partial charge in [0.2, 0.25) is 11.8 Å². The molecule has 0 aliphatic carbocycles. The third-order valence-electron chi connectivity index (χ3n) is 4.56. The van der Waals surface area contributed by atoms with Crippen LogP contribution in [-0.4, -0.2) is 18.4 Å². The van der Waals surface area contributed by atoms with Crippen LogP contribution in [0.3, 0.4) is 0 Å². The molecular weight excluding hydrogens is 371 g/mol. The second-order valence-corrected chi connectivity index (χ2v) is 7.53. The van der Waals surface area contributed by atoms with Crippen LogP contribution in [-0.2, 0) is 9.59 Å². The molecule has 2 amide bonds. The Kier molecular flexibility index (Phi) is 5.54. The molecule has 1 aliphatic heterocycles. The van der Waals surface area contributed by atoms with Gasteiger partial charge < -0.3 is 10.2 Å². The van der Waals surface area contributed by atoms with Gasteiger partial charge in [-0.25, -0.2) is 0 Å². The van der Waals surface area contributed by atoms with E-state index in [4.69, 9.17) is 23.2 Å². The summed E-state index contributed by atoms with van der Waals surface area (Å²) in [5.41, 5.74) is 2.48. The minimum atomic E-state index is -0.428. The maximum atomic E-state index is 12.6. The summed E-state index contributed by atoms with van der Waals surface area (Å²) >= 11 is 12.2. The number of rotatable bonds is 4. The molecule has 0 radical (unpaired) electrons. The zero-order valence-corrected chi connectivity index (χ0v) is 16.1. The fourth-order valence-electron chi connectivity index (χ4n) is 3.01. The molecule has 1 aliphatic rings. The van der Waals surface area contributed by atoms with E-state index in [9.17, 15) is 9.59 Å². The number of carbonyl (C=O) groups is 2. The van der Waals surface area contributed by atoms with Crippen molar-refractivity contribution in [3.8, 4) is 0 Å². The summed E-state index contributed by atoms with van der Waals surface area (Å²) in [5.74, 6) is -0.300. The van der Waals surface area contributed by atoms with Gasteiger partial charge in [-0.05, 0) is 35.7 Å². The van der Waals surface area contributed by atoms with Crippen molar-refractivity contribution in [1.82, 2.24) is 0 Å². The molecule has 0 spiro atoms. The Morgan fingerprint density at radius 1 is 1.15 bits per heavy atom. The van der Waals surface area contributed by atoms with Crippen molar-refractivity contribution in [1.29, 1.82) is 0 Å². The average Bonchev–Trinajstić information content (AvgIpc) is 2.99. The van der Waals surface area contributed by atoms with Crippen LogP contribution in [0.4, 0.5) is 11.4 Å². The summed E-state index contributed by atoms with van der Waals surface area (Å²) in [6.45, 7) is 4.52. The van der Waals surface area contributed by atoms with Gasteiger partial charge in [-0.3, -0.25) is 9.59 Å². The number of benzene rings is 2. The summed E-state index contributed by atoms with van der Waals surface area (Å²) in [4.78, 5) is 26.5. The number of hydrogen-bond donors (Lipinski definition) is 1. The minimum absolute atomic E-state index is 0.135. The van der Waals surface area contributed by atoms with Gasteiger partial charge in [-0.15, -0.1) is 0 Å². The van der Waals surface area contributed by atoms with Crippen LogP contribution in [0, 0.1) is 5.92 Å². The third-order valence-corrected chi connectivity index (χ3v) is 5.37. The first kappa shape index (κ1) is 18.7. The Morgan fingerprint density at radius 3 is 2.50 bits per heavy atom. The van der Waals surface area contributed by atoms with Crippen molar-refractivity contribution in [2.24, 2.45) is 5.92 Å². The molecule has 26 heavy (non-hydrogen) atoms. The van der Waals surface area contributed by atoms with Crippen LogP contribution in [0.2, 0.25) is 10.0 Å². The highest BCUT2D eigenvalue weighted by atomic mass is 35.5. The molecule has 3 rings (SSSR count). The van der Waals surface area contributed by atoms with Crippen LogP contribution in [0.5, 0.6) is 0 Å². The van der Waals surface area contributed by atoms with Gasteiger partial charge in [0.25, 0.3) is 0 Å². The zero-order valence-electron chi connectivity index (χ0n) is 14.6. The monoisotopic (exact) mass is 390 g/mol. The highest BCUT2D eigenvalue weighted by Crippen LogP contribution is 2.35. The van der Waals surface area contributed by atoms with Crippen LogP contribution >= 0.6 is 23.2 Å². The smallest absolute Gasteiger partial charge is 0.229 e. The summed E-state index contributed by atoms with van der Waals surface area (Å²) in [6.07, 6.45) is 0.152. The largest absolute Gasteiger partial charge is 0.326 e. The van der Waals surface area contributed by atoms with E-state index in [1.807, 2.05) is 24.3 Å². The molecule has 1 atom stereocenters. The molecule has 2 aromatic rings. The maximum absolute atomic E-state index is 12.6. The lowest BCUT2D eigenvalue weighted by molar-refractivity contribution is -0.122. The van der Waals surface area contributed by atoms with Crippen LogP contribution in [0.25, 0.3) is 0 Å². The number of halogens is 2. The lowest BCUT2D eigenvalue weighted by atomic mass is 10.0. The Bertz CT molecular complexity index is 834. The highest BCUT2D eigenvalue weighted by Gasteiger charge is 2.36. The average molecular weight is 391 g/mol. The molecule has 0 bridgehead atoms. The number of anilines is 2. The van der Waals surface area contributed by atoms with E-state index in [-0.39, 0.29) is 24.8 Å². The van der Waals surface area contributed by atoms with Crippen molar-refractivity contribution in [3.63, 3.8) is 0 Å². The van der Waals surface area contributed by atoms with E-state index >= 15 is 0 Å². The molecule has 2 aromatic carbocycles. The molecule has 1 N–H and O–H groups in total. The molecule has 1 heterocycles. The maximum Gasteiger partial charge on any atom is 0.229 e. The quantitative estimate of drug-likeness (QED) is 0.788. The minimum Gasteiger partial charge on any atom is -0.326 e. The SMILES string of the molecule is CC(C)c1ccc(NC(=O)C2CC(=O)N(c3cccc(Cl)c3Cl)C2)cc1. The third kappa shape index (κ3) is 3.87. The number of amides is 2. The van der Waals surface area contributed by atoms with E-state index in [2.05, 4.69) is 19.2 Å². The molecule has 1 saturated heterocycles. The predicted molar refractivity (Wildman–Crippen MR) is 106 cm³/mol. The normalized spacial score (nSPS) is 17.0. The van der Waals surface area contributed by atoms with E-state index in [1.54, 1.807) is 18.2 Å². The van der Waals surface area contributed by atoms with Crippen molar-refractivity contribution in [2.45, 2.75) is 26.2 Å². The van der Waals surface area contributed by atoms with Crippen molar-refractivity contribution >= 4 is 46.4 Å². The Hall–Kier alpha value is -2.04. The topological polar surface area (TPSA) is 49.4 Å². The Balaban J connectivity index is 1.70. The molecule has 1 fully saturated rings. The summed E-state index contributed by atoms with van der Waals surface area (Å²) in [6, 6.07) is 12.9. The number of nitrogens with zero attached hydrogens (tertiary/aromatic N) is 1. The standard InChI is InChI=1S/C20H20Cl2N2O2/c1-12(2)13-6-8-15(9-7-13)23-20(26)14-10-18(25)24(11-14)17-5-3-4-16(21)19(17)22/h3-9,12,14H,10-11H2,1-2H3,(H,23,26). The first-order chi connectivity index (χ1) is 12.4. The van der Waals surface area contributed by atoms with Gasteiger partial charge in [-0.2, -0.15) is 0 Å². The second-order valence-electron chi connectivity index (χ2n) is 6.74. The molecule has 4 nitrogen and oxygen atoms in total. The van der Waals surface area contributed by atoms with Gasteiger partial charge in [0, 0.05) is 18.7 Å². The summed E-state index contributed by atoms with van der Waals surface area (Å²) in [5, 5.41) is 3.60. The number of carbonyl (C=O) groups excluding carboxylic acids is 2. The molecule has 0 saturated carbocycles. The second kappa shape index (κ2) is 7.68. The van der Waals surface area contributed by atoms with Gasteiger partial charge in [0.05, 0.1) is 21.7 Å². The predicted octanol–water partition coefficient (Wildman–Crippen LogP) is 5.11. The molecule has 1 unspecified atom stereocenters. The number of hydrogen-bond acceptors (Lipinski definition) is 2. The van der Waals surface area contributed by atoms with Gasteiger partial charge in [-0.1, -0.05) is 55.2 Å². The fourth-order valence-corrected chi connectivity index (χ4v) is 3.41. The van der Waals surface area contributed by atoms with E-state index < -0.39 is 5.92 Å². The van der Waals surface area contributed by atoms with E-state index in [0.29, 0.717) is 21.7 Å². The van der Waals surface area contributed by atoms with Crippen molar-refractivity contribution < 1.29 is 9.59 Å². The van der Waals surface area contributed by atoms with Crippen LogP contribution < -0.4 is 10.2 Å². The zero-order chi connectivity index (χ0) is 18.8. The van der Waals surface area contributed by atoms with Gasteiger partial charge in [0.15, 0.2) is 0 Å². The number of nitrogens with one attached hydrogen (secondary N) is 1. The first-order valence-corrected chi connectivity index (χ1v) is 9.27. The van der Waals surface area contributed by atoms with Crippen LogP contribution in [0.1, 0.15) is 31.7 Å². The fraction of sp³-hybridized carbons (Fsp3) is 0.300. The molecule has 0 aromatic heterocycles. The Morgan fingerprint density at radius 2 is 1.85 bits per heavy atom. The lowest BCUT2D eigenvalue weighted by Gasteiger charge is -2.18.